The molecule has 0 aliphatic carbocycles. The third kappa shape index (κ3) is 3.23. The van der Waals surface area contributed by atoms with Crippen LogP contribution in [0.3, 0.4) is 0 Å². The Morgan fingerprint density at radius 2 is 2.11 bits per heavy atom. The summed E-state index contributed by atoms with van der Waals surface area (Å²) in [5.41, 5.74) is 1.11. The number of aromatic nitrogens is 1. The van der Waals surface area contributed by atoms with Crippen LogP contribution in [-0.4, -0.2) is 25.0 Å². The molecule has 1 aromatic carbocycles. The van der Waals surface area contributed by atoms with Gasteiger partial charge in [-0.2, -0.15) is 13.0 Å². The zero-order valence-corrected chi connectivity index (χ0v) is 12.3. The number of rotatable bonds is 5. The van der Waals surface area contributed by atoms with Crippen molar-refractivity contribution in [2.24, 2.45) is 0 Å². The minimum atomic E-state index is -3.87. The lowest BCUT2D eigenvalue weighted by molar-refractivity contribution is -0.701. The minimum Gasteiger partial charge on any atom is -0.286 e. The van der Waals surface area contributed by atoms with Gasteiger partial charge in [-0.25, -0.2) is 0 Å². The first kappa shape index (κ1) is 13.8. The van der Waals surface area contributed by atoms with Crippen LogP contribution in [0.2, 0.25) is 0 Å². The van der Waals surface area contributed by atoms with Crippen LogP contribution in [0.15, 0.2) is 28.6 Å². The van der Waals surface area contributed by atoms with E-state index in [2.05, 4.69) is 10.6 Å². The molecule has 0 saturated carbocycles. The van der Waals surface area contributed by atoms with Crippen molar-refractivity contribution in [3.8, 4) is 0 Å². The molecule has 2 rings (SSSR count). The van der Waals surface area contributed by atoms with Crippen molar-refractivity contribution in [1.82, 2.24) is 0 Å². The van der Waals surface area contributed by atoms with Gasteiger partial charge in [-0.15, -0.1) is 0 Å². The summed E-state index contributed by atoms with van der Waals surface area (Å²) in [6.45, 7) is 0.597. The first-order valence-electron chi connectivity index (χ1n) is 5.42. The molecule has 18 heavy (non-hydrogen) atoms. The molecule has 1 N–H and O–H groups in total. The van der Waals surface area contributed by atoms with Crippen LogP contribution in [0.4, 0.5) is 0 Å². The average molecular weight is 304 g/mol. The summed E-state index contributed by atoms with van der Waals surface area (Å²) < 4.78 is 34.6. The molecule has 0 aliphatic rings. The molecule has 0 bridgehead atoms. The monoisotopic (exact) mass is 304 g/mol. The van der Waals surface area contributed by atoms with Crippen LogP contribution in [-0.2, 0) is 16.7 Å². The summed E-state index contributed by atoms with van der Waals surface area (Å²) >= 11 is 3.34. The quantitative estimate of drug-likeness (QED) is 0.522. The van der Waals surface area contributed by atoms with Gasteiger partial charge in [-0.1, -0.05) is 23.5 Å². The number of benzene rings is 1. The Labute approximate surface area is 114 Å². The molecule has 1 aromatic heterocycles. The fourth-order valence-electron chi connectivity index (χ4n) is 1.78. The van der Waals surface area contributed by atoms with Crippen molar-refractivity contribution >= 4 is 43.4 Å². The van der Waals surface area contributed by atoms with Crippen molar-refractivity contribution in [3.63, 3.8) is 0 Å². The molecule has 0 spiro atoms. The summed E-state index contributed by atoms with van der Waals surface area (Å²) in [6.07, 6.45) is 2.42. The molecule has 4 nitrogen and oxygen atoms in total. The zero-order valence-electron chi connectivity index (χ0n) is 9.87. The van der Waals surface area contributed by atoms with Gasteiger partial charge in [-0.05, 0) is 24.1 Å². The molecule has 0 amide bonds. The van der Waals surface area contributed by atoms with Crippen LogP contribution in [0.25, 0.3) is 10.2 Å². The Kier molecular flexibility index (Phi) is 4.26. The fourth-order valence-corrected chi connectivity index (χ4v) is 4.21. The van der Waals surface area contributed by atoms with Crippen LogP contribution in [0.5, 0.6) is 0 Å². The van der Waals surface area contributed by atoms with Crippen LogP contribution in [0.1, 0.15) is 6.42 Å². The number of hydrogen-bond donors (Lipinski definition) is 1. The highest BCUT2D eigenvalue weighted by Crippen LogP contribution is 2.26. The molecule has 0 unspecified atom stereocenters. The van der Waals surface area contributed by atoms with E-state index in [1.165, 1.54) is 4.70 Å². The van der Waals surface area contributed by atoms with Gasteiger partial charge >= 0.3 is 0 Å². The molecule has 0 aliphatic heterocycles. The predicted octanol–water partition coefficient (Wildman–Crippen LogP) is 2.19. The van der Waals surface area contributed by atoms with Crippen LogP contribution >= 0.6 is 23.1 Å². The Morgan fingerprint density at radius 3 is 2.78 bits per heavy atom. The van der Waals surface area contributed by atoms with Gasteiger partial charge in [0.1, 0.15) is 4.70 Å². The van der Waals surface area contributed by atoms with E-state index in [9.17, 15) is 8.42 Å². The van der Waals surface area contributed by atoms with Gasteiger partial charge in [0.15, 0.2) is 6.54 Å². The summed E-state index contributed by atoms with van der Waals surface area (Å²) in [5.74, 6) is -0.196. The molecule has 0 atom stereocenters. The molecular weight excluding hydrogens is 290 g/mol. The summed E-state index contributed by atoms with van der Waals surface area (Å²) in [4.78, 5) is 0. The normalized spacial score (nSPS) is 12.1. The predicted molar refractivity (Wildman–Crippen MR) is 74.8 cm³/mol. The lowest BCUT2D eigenvalue weighted by Gasteiger charge is -1.97. The number of nitrogens with zero attached hydrogens (tertiary/aromatic N) is 1. The maximum absolute atomic E-state index is 10.7. The average Bonchev–Trinajstić information content (AvgIpc) is 2.66. The van der Waals surface area contributed by atoms with Gasteiger partial charge in [-0.3, -0.25) is 4.55 Å². The lowest BCUT2D eigenvalue weighted by Crippen LogP contribution is -2.35. The Bertz CT molecular complexity index is 649. The molecule has 0 fully saturated rings. The third-order valence-corrected chi connectivity index (χ3v) is 5.62. The van der Waals surface area contributed by atoms with Gasteiger partial charge < -0.3 is 0 Å². The SMILES string of the molecule is CSc1sc2ccccc2[n+]1CCCS(=O)(=O)O. The number of hydrogen-bond acceptors (Lipinski definition) is 4. The van der Waals surface area contributed by atoms with Crippen LogP contribution in [0, 0.1) is 0 Å². The number of fused-ring (bicyclic) bond motifs is 1. The number of aryl methyl sites for hydroxylation is 1. The second-order valence-corrected chi connectivity index (χ2v) is 7.49. The summed E-state index contributed by atoms with van der Waals surface area (Å²) in [5, 5.41) is 0. The largest absolute Gasteiger partial charge is 0.298 e. The third-order valence-electron chi connectivity index (χ3n) is 2.53. The molecular formula is C11H14NO3S3+. The Morgan fingerprint density at radius 1 is 1.39 bits per heavy atom. The molecule has 7 heteroatoms. The van der Waals surface area contributed by atoms with E-state index in [0.717, 1.165) is 9.86 Å². The molecule has 98 valence electrons. The zero-order chi connectivity index (χ0) is 13.2. The molecule has 2 aromatic rings. The van der Waals surface area contributed by atoms with Gasteiger partial charge in [0.05, 0.1) is 5.75 Å². The van der Waals surface area contributed by atoms with E-state index in [1.54, 1.807) is 23.1 Å². The van der Waals surface area contributed by atoms with E-state index in [0.29, 0.717) is 13.0 Å². The standard InChI is InChI=1S/C11H13NO3S3/c1-16-11-12(7-4-8-18(13,14)15)9-5-2-3-6-10(9)17-11/h2-3,5-6H,4,7-8H2,1H3/p+1. The maximum Gasteiger partial charge on any atom is 0.298 e. The van der Waals surface area contributed by atoms with E-state index in [-0.39, 0.29) is 5.75 Å². The maximum atomic E-state index is 10.7. The number of thiazole rings is 1. The molecule has 0 radical (unpaired) electrons. The second kappa shape index (κ2) is 5.56. The Hall–Kier alpha value is -0.630. The first-order chi connectivity index (χ1) is 8.51. The highest BCUT2D eigenvalue weighted by molar-refractivity contribution is 8.00. The van der Waals surface area contributed by atoms with E-state index < -0.39 is 10.1 Å². The molecule has 0 saturated heterocycles. The number of para-hydroxylation sites is 1. The molecule has 1 heterocycles. The first-order valence-corrected chi connectivity index (χ1v) is 9.07. The smallest absolute Gasteiger partial charge is 0.286 e. The van der Waals surface area contributed by atoms with Gasteiger partial charge in [0, 0.05) is 12.5 Å². The summed E-state index contributed by atoms with van der Waals surface area (Å²) in [7, 11) is -3.87. The van der Waals surface area contributed by atoms with Crippen LogP contribution < -0.4 is 4.57 Å². The minimum absolute atomic E-state index is 0.196. The van der Waals surface area contributed by atoms with Crippen molar-refractivity contribution in [1.29, 1.82) is 0 Å². The summed E-state index contributed by atoms with van der Waals surface area (Å²) in [6, 6.07) is 8.04. The lowest BCUT2D eigenvalue weighted by atomic mass is 10.3. The van der Waals surface area contributed by atoms with Crippen molar-refractivity contribution in [2.75, 3.05) is 12.0 Å². The number of thioether (sulfide) groups is 1. The van der Waals surface area contributed by atoms with Crippen molar-refractivity contribution in [3.05, 3.63) is 24.3 Å². The Balaban J connectivity index is 2.25. The fraction of sp³-hybridized carbons (Fsp3) is 0.364. The van der Waals surface area contributed by atoms with E-state index in [1.807, 2.05) is 24.5 Å². The van der Waals surface area contributed by atoms with Gasteiger partial charge in [0.25, 0.3) is 14.5 Å². The highest BCUT2D eigenvalue weighted by Gasteiger charge is 2.19. The van der Waals surface area contributed by atoms with Crippen molar-refractivity contribution in [2.45, 2.75) is 17.3 Å². The van der Waals surface area contributed by atoms with E-state index in [4.69, 9.17) is 4.55 Å². The second-order valence-electron chi connectivity index (χ2n) is 3.83. The van der Waals surface area contributed by atoms with E-state index >= 15 is 0 Å². The van der Waals surface area contributed by atoms with Gasteiger partial charge in [0.2, 0.25) is 5.52 Å². The topological polar surface area (TPSA) is 58.2 Å². The van der Waals surface area contributed by atoms with Crippen molar-refractivity contribution < 1.29 is 17.5 Å². The highest BCUT2D eigenvalue weighted by atomic mass is 32.2.